The standard InChI is InChI=1S/C23H30N2O2/c1-3-27-22-9-5-4-8-21(22)15-24-23(26)20-12-10-19(11-13-20)17-25-14-6-7-18(2)16-25/h4-5,8-13,18H,3,6-7,14-17H2,1-2H3,(H,24,26). The number of ether oxygens (including phenoxy) is 1. The highest BCUT2D eigenvalue weighted by Gasteiger charge is 2.16. The molecule has 3 rings (SSSR count). The van der Waals surface area contributed by atoms with Gasteiger partial charge in [-0.1, -0.05) is 37.3 Å². The van der Waals surface area contributed by atoms with E-state index in [1.807, 2.05) is 43.3 Å². The number of amides is 1. The first kappa shape index (κ1) is 19.4. The molecular weight excluding hydrogens is 336 g/mol. The molecule has 4 nitrogen and oxygen atoms in total. The third kappa shape index (κ3) is 5.57. The topological polar surface area (TPSA) is 41.6 Å². The zero-order valence-electron chi connectivity index (χ0n) is 16.4. The van der Waals surface area contributed by atoms with Crippen LogP contribution < -0.4 is 10.1 Å². The Morgan fingerprint density at radius 2 is 1.96 bits per heavy atom. The number of rotatable bonds is 7. The Morgan fingerprint density at radius 3 is 2.70 bits per heavy atom. The number of piperidine rings is 1. The number of likely N-dealkylation sites (tertiary alicyclic amines) is 1. The van der Waals surface area contributed by atoms with Gasteiger partial charge in [0.2, 0.25) is 0 Å². The molecule has 2 aromatic carbocycles. The number of para-hydroxylation sites is 1. The lowest BCUT2D eigenvalue weighted by Crippen LogP contribution is -2.33. The molecule has 27 heavy (non-hydrogen) atoms. The van der Waals surface area contributed by atoms with Crippen LogP contribution >= 0.6 is 0 Å². The summed E-state index contributed by atoms with van der Waals surface area (Å²) in [5.41, 5.74) is 2.95. The molecule has 0 radical (unpaired) electrons. The van der Waals surface area contributed by atoms with Crippen LogP contribution in [0.25, 0.3) is 0 Å². The number of carbonyl (C=O) groups excluding carboxylic acids is 1. The molecular formula is C23H30N2O2. The van der Waals surface area contributed by atoms with Gasteiger partial charge in [-0.2, -0.15) is 0 Å². The molecule has 1 unspecified atom stereocenters. The first-order valence-electron chi connectivity index (χ1n) is 9.96. The minimum Gasteiger partial charge on any atom is -0.494 e. The summed E-state index contributed by atoms with van der Waals surface area (Å²) in [5.74, 6) is 1.55. The van der Waals surface area contributed by atoms with E-state index in [1.54, 1.807) is 0 Å². The summed E-state index contributed by atoms with van der Waals surface area (Å²) < 4.78 is 5.61. The number of nitrogens with zero attached hydrogens (tertiary/aromatic N) is 1. The lowest BCUT2D eigenvalue weighted by atomic mass is 9.99. The molecule has 1 atom stereocenters. The molecule has 2 aromatic rings. The summed E-state index contributed by atoms with van der Waals surface area (Å²) in [6.45, 7) is 8.66. The maximum atomic E-state index is 12.5. The first-order valence-corrected chi connectivity index (χ1v) is 9.96. The molecule has 0 saturated carbocycles. The fraction of sp³-hybridized carbons (Fsp3) is 0.435. The predicted molar refractivity (Wildman–Crippen MR) is 109 cm³/mol. The van der Waals surface area contributed by atoms with Crippen LogP contribution in [0.1, 0.15) is 48.2 Å². The van der Waals surface area contributed by atoms with Crippen molar-refractivity contribution in [3.63, 3.8) is 0 Å². The monoisotopic (exact) mass is 366 g/mol. The van der Waals surface area contributed by atoms with Crippen molar-refractivity contribution < 1.29 is 9.53 Å². The summed E-state index contributed by atoms with van der Waals surface area (Å²) in [6.07, 6.45) is 2.62. The molecule has 1 aliphatic rings. The molecule has 144 valence electrons. The van der Waals surface area contributed by atoms with E-state index in [1.165, 1.54) is 31.5 Å². The van der Waals surface area contributed by atoms with Crippen LogP contribution in [-0.2, 0) is 13.1 Å². The summed E-state index contributed by atoms with van der Waals surface area (Å²) >= 11 is 0. The number of benzene rings is 2. The zero-order chi connectivity index (χ0) is 19.1. The number of hydrogen-bond donors (Lipinski definition) is 1. The van der Waals surface area contributed by atoms with Gasteiger partial charge in [-0.15, -0.1) is 0 Å². The van der Waals surface area contributed by atoms with E-state index < -0.39 is 0 Å². The number of carbonyl (C=O) groups is 1. The van der Waals surface area contributed by atoms with E-state index in [0.717, 1.165) is 23.8 Å². The van der Waals surface area contributed by atoms with Gasteiger partial charge in [-0.25, -0.2) is 0 Å². The Bertz CT molecular complexity index is 742. The van der Waals surface area contributed by atoms with Crippen LogP contribution in [0.15, 0.2) is 48.5 Å². The third-order valence-corrected chi connectivity index (χ3v) is 5.08. The minimum atomic E-state index is -0.0561. The van der Waals surface area contributed by atoms with Gasteiger partial charge in [0.05, 0.1) is 6.61 Å². The predicted octanol–water partition coefficient (Wildman–Crippen LogP) is 4.25. The van der Waals surface area contributed by atoms with Gasteiger partial charge in [0.25, 0.3) is 5.91 Å². The van der Waals surface area contributed by atoms with E-state index in [4.69, 9.17) is 4.74 Å². The highest BCUT2D eigenvalue weighted by molar-refractivity contribution is 5.94. The molecule has 0 spiro atoms. The highest BCUT2D eigenvalue weighted by atomic mass is 16.5. The fourth-order valence-electron chi connectivity index (χ4n) is 3.67. The Hall–Kier alpha value is -2.33. The summed E-state index contributed by atoms with van der Waals surface area (Å²) in [6, 6.07) is 15.8. The summed E-state index contributed by atoms with van der Waals surface area (Å²) in [4.78, 5) is 15.0. The first-order chi connectivity index (χ1) is 13.2. The molecule has 1 saturated heterocycles. The van der Waals surface area contributed by atoms with Gasteiger partial charge < -0.3 is 10.1 Å². The SMILES string of the molecule is CCOc1ccccc1CNC(=O)c1ccc(CN2CCCC(C)C2)cc1. The van der Waals surface area contributed by atoms with Crippen molar-refractivity contribution in [2.24, 2.45) is 5.92 Å². The Balaban J connectivity index is 1.54. The highest BCUT2D eigenvalue weighted by Crippen LogP contribution is 2.19. The normalized spacial score (nSPS) is 17.5. The average Bonchev–Trinajstić information content (AvgIpc) is 2.68. The second-order valence-electron chi connectivity index (χ2n) is 7.40. The van der Waals surface area contributed by atoms with Crippen LogP contribution in [0, 0.1) is 5.92 Å². The Morgan fingerprint density at radius 1 is 1.19 bits per heavy atom. The number of nitrogens with one attached hydrogen (secondary N) is 1. The van der Waals surface area contributed by atoms with Gasteiger partial charge in [0.15, 0.2) is 0 Å². The van der Waals surface area contributed by atoms with Gasteiger partial charge in [-0.3, -0.25) is 9.69 Å². The van der Waals surface area contributed by atoms with E-state index >= 15 is 0 Å². The van der Waals surface area contributed by atoms with E-state index in [-0.39, 0.29) is 5.91 Å². The van der Waals surface area contributed by atoms with E-state index in [2.05, 4.69) is 29.3 Å². The largest absolute Gasteiger partial charge is 0.494 e. The van der Waals surface area contributed by atoms with Crippen molar-refractivity contribution in [1.29, 1.82) is 0 Å². The fourth-order valence-corrected chi connectivity index (χ4v) is 3.67. The summed E-state index contributed by atoms with van der Waals surface area (Å²) in [7, 11) is 0. The molecule has 1 heterocycles. The van der Waals surface area contributed by atoms with Gasteiger partial charge in [0, 0.05) is 30.8 Å². The van der Waals surface area contributed by atoms with Crippen molar-refractivity contribution in [2.45, 2.75) is 39.8 Å². The maximum absolute atomic E-state index is 12.5. The van der Waals surface area contributed by atoms with Crippen molar-refractivity contribution in [3.8, 4) is 5.75 Å². The van der Waals surface area contributed by atoms with Gasteiger partial charge in [0.1, 0.15) is 5.75 Å². The molecule has 1 fully saturated rings. The molecule has 0 aromatic heterocycles. The van der Waals surface area contributed by atoms with Crippen LogP contribution in [-0.4, -0.2) is 30.5 Å². The minimum absolute atomic E-state index is 0.0561. The molecule has 0 aliphatic carbocycles. The molecule has 4 heteroatoms. The van der Waals surface area contributed by atoms with Gasteiger partial charge in [-0.05, 0) is 56.0 Å². The van der Waals surface area contributed by atoms with Crippen molar-refractivity contribution in [1.82, 2.24) is 10.2 Å². The maximum Gasteiger partial charge on any atom is 0.251 e. The smallest absolute Gasteiger partial charge is 0.251 e. The van der Waals surface area contributed by atoms with Gasteiger partial charge >= 0.3 is 0 Å². The third-order valence-electron chi connectivity index (χ3n) is 5.08. The number of hydrogen-bond acceptors (Lipinski definition) is 3. The Kier molecular flexibility index (Phi) is 6.88. The summed E-state index contributed by atoms with van der Waals surface area (Å²) in [5, 5.41) is 2.99. The Labute approximate surface area is 162 Å². The van der Waals surface area contributed by atoms with E-state index in [9.17, 15) is 4.79 Å². The average molecular weight is 367 g/mol. The molecule has 1 N–H and O–H groups in total. The lowest BCUT2D eigenvalue weighted by molar-refractivity contribution is 0.0950. The van der Waals surface area contributed by atoms with E-state index in [0.29, 0.717) is 18.7 Å². The second-order valence-corrected chi connectivity index (χ2v) is 7.40. The quantitative estimate of drug-likeness (QED) is 0.797. The van der Waals surface area contributed by atoms with Crippen LogP contribution in [0.2, 0.25) is 0 Å². The molecule has 1 aliphatic heterocycles. The molecule has 0 bridgehead atoms. The van der Waals surface area contributed by atoms with Crippen LogP contribution in [0.5, 0.6) is 5.75 Å². The van der Waals surface area contributed by atoms with Crippen molar-refractivity contribution >= 4 is 5.91 Å². The van der Waals surface area contributed by atoms with Crippen molar-refractivity contribution in [2.75, 3.05) is 19.7 Å². The van der Waals surface area contributed by atoms with Crippen molar-refractivity contribution in [3.05, 3.63) is 65.2 Å². The molecule has 1 amide bonds. The second kappa shape index (κ2) is 9.56. The lowest BCUT2D eigenvalue weighted by Gasteiger charge is -2.30. The van der Waals surface area contributed by atoms with Crippen LogP contribution in [0.4, 0.5) is 0 Å². The zero-order valence-corrected chi connectivity index (χ0v) is 16.4. The van der Waals surface area contributed by atoms with Crippen LogP contribution in [0.3, 0.4) is 0 Å².